The van der Waals surface area contributed by atoms with Crippen LogP contribution in [-0.2, 0) is 0 Å². The molecule has 1 aliphatic rings. The smallest absolute Gasteiger partial charge is 0.0894 e. The van der Waals surface area contributed by atoms with Gasteiger partial charge in [-0.1, -0.05) is 19.3 Å². The van der Waals surface area contributed by atoms with Crippen LogP contribution in [0.5, 0.6) is 0 Å². The van der Waals surface area contributed by atoms with Crippen LogP contribution >= 0.6 is 0 Å². The van der Waals surface area contributed by atoms with Gasteiger partial charge in [0.15, 0.2) is 0 Å². The van der Waals surface area contributed by atoms with Gasteiger partial charge in [-0.15, -0.1) is 0 Å². The second-order valence-electron chi connectivity index (χ2n) is 5.17. The molecule has 0 aromatic heterocycles. The summed E-state index contributed by atoms with van der Waals surface area (Å²) in [5.41, 5.74) is 0. The van der Waals surface area contributed by atoms with Gasteiger partial charge < -0.3 is 20.4 Å². The number of rotatable bonds is 8. The second kappa shape index (κ2) is 8.86. The van der Waals surface area contributed by atoms with Crippen molar-refractivity contribution < 1.29 is 10.2 Å². The molecule has 0 bridgehead atoms. The second-order valence-corrected chi connectivity index (χ2v) is 5.17. The SMILES string of the molecule is CN(CCCNC[C@@H](O)CO)C1CCCCC1. The fourth-order valence-corrected chi connectivity index (χ4v) is 2.49. The van der Waals surface area contributed by atoms with Crippen molar-refractivity contribution in [3.05, 3.63) is 0 Å². The van der Waals surface area contributed by atoms with Gasteiger partial charge in [-0.25, -0.2) is 0 Å². The van der Waals surface area contributed by atoms with E-state index in [0.29, 0.717) is 6.54 Å². The highest BCUT2D eigenvalue weighted by molar-refractivity contribution is 4.73. The Morgan fingerprint density at radius 2 is 2.00 bits per heavy atom. The topological polar surface area (TPSA) is 55.7 Å². The maximum Gasteiger partial charge on any atom is 0.0894 e. The predicted octanol–water partition coefficient (Wildman–Crippen LogP) is 0.584. The van der Waals surface area contributed by atoms with Crippen LogP contribution in [0.2, 0.25) is 0 Å². The molecule has 102 valence electrons. The van der Waals surface area contributed by atoms with Crippen LogP contribution in [0.3, 0.4) is 0 Å². The van der Waals surface area contributed by atoms with Crippen LogP contribution in [0.25, 0.3) is 0 Å². The van der Waals surface area contributed by atoms with Crippen LogP contribution in [0.1, 0.15) is 38.5 Å². The van der Waals surface area contributed by atoms with Crippen molar-refractivity contribution in [1.29, 1.82) is 0 Å². The minimum Gasteiger partial charge on any atom is -0.394 e. The van der Waals surface area contributed by atoms with Crippen molar-refractivity contribution in [3.63, 3.8) is 0 Å². The summed E-state index contributed by atoms with van der Waals surface area (Å²) < 4.78 is 0. The number of aliphatic hydroxyl groups excluding tert-OH is 2. The fraction of sp³-hybridized carbons (Fsp3) is 1.00. The molecule has 0 aliphatic heterocycles. The van der Waals surface area contributed by atoms with Crippen molar-refractivity contribution >= 4 is 0 Å². The molecule has 1 atom stereocenters. The maximum atomic E-state index is 9.15. The standard InChI is InChI=1S/C13H28N2O2/c1-15(12-6-3-2-4-7-12)9-5-8-14-10-13(17)11-16/h12-14,16-17H,2-11H2,1H3/t13-/m1/s1. The van der Waals surface area contributed by atoms with Crippen molar-refractivity contribution in [3.8, 4) is 0 Å². The van der Waals surface area contributed by atoms with E-state index in [1.165, 1.54) is 32.1 Å². The number of nitrogens with zero attached hydrogens (tertiary/aromatic N) is 1. The average Bonchev–Trinajstić information content (AvgIpc) is 2.38. The first-order valence-electron chi connectivity index (χ1n) is 6.94. The van der Waals surface area contributed by atoms with Crippen molar-refractivity contribution in [2.45, 2.75) is 50.7 Å². The molecule has 1 saturated carbocycles. The van der Waals surface area contributed by atoms with Gasteiger partial charge >= 0.3 is 0 Å². The lowest BCUT2D eigenvalue weighted by Gasteiger charge is -2.31. The molecule has 4 heteroatoms. The Morgan fingerprint density at radius 3 is 2.65 bits per heavy atom. The Bertz CT molecular complexity index is 184. The lowest BCUT2D eigenvalue weighted by molar-refractivity contribution is 0.0941. The lowest BCUT2D eigenvalue weighted by atomic mass is 9.94. The van der Waals surface area contributed by atoms with Gasteiger partial charge in [0.05, 0.1) is 12.7 Å². The van der Waals surface area contributed by atoms with Gasteiger partial charge in [0.25, 0.3) is 0 Å². The first kappa shape index (κ1) is 14.9. The summed E-state index contributed by atoms with van der Waals surface area (Å²) >= 11 is 0. The van der Waals surface area contributed by atoms with E-state index in [1.54, 1.807) is 0 Å². The van der Waals surface area contributed by atoms with E-state index < -0.39 is 6.10 Å². The minimum atomic E-state index is -0.619. The third-order valence-corrected chi connectivity index (χ3v) is 3.65. The summed E-state index contributed by atoms with van der Waals surface area (Å²) in [7, 11) is 2.22. The van der Waals surface area contributed by atoms with Gasteiger partial charge in [-0.2, -0.15) is 0 Å². The van der Waals surface area contributed by atoms with Crippen molar-refractivity contribution in [2.75, 3.05) is 33.3 Å². The van der Waals surface area contributed by atoms with Gasteiger partial charge in [-0.3, -0.25) is 0 Å². The zero-order valence-electron chi connectivity index (χ0n) is 11.1. The number of aliphatic hydroxyl groups is 2. The molecule has 0 radical (unpaired) electrons. The Morgan fingerprint density at radius 1 is 1.29 bits per heavy atom. The van der Waals surface area contributed by atoms with Gasteiger partial charge in [0.1, 0.15) is 0 Å². The minimum absolute atomic E-state index is 0.158. The monoisotopic (exact) mass is 244 g/mol. The summed E-state index contributed by atoms with van der Waals surface area (Å²) in [6.07, 6.45) is 7.37. The zero-order chi connectivity index (χ0) is 12.5. The van der Waals surface area contributed by atoms with E-state index in [1.807, 2.05) is 0 Å². The maximum absolute atomic E-state index is 9.15. The van der Waals surface area contributed by atoms with Gasteiger partial charge in [-0.05, 0) is 39.4 Å². The van der Waals surface area contributed by atoms with Crippen LogP contribution in [0.15, 0.2) is 0 Å². The summed E-state index contributed by atoms with van der Waals surface area (Å²) in [6, 6.07) is 0.784. The highest BCUT2D eigenvalue weighted by Gasteiger charge is 2.17. The first-order chi connectivity index (χ1) is 8.24. The zero-order valence-corrected chi connectivity index (χ0v) is 11.1. The summed E-state index contributed by atoms with van der Waals surface area (Å²) in [5, 5.41) is 21.0. The van der Waals surface area contributed by atoms with Crippen LogP contribution < -0.4 is 5.32 Å². The molecule has 4 nitrogen and oxygen atoms in total. The summed E-state index contributed by atoms with van der Waals surface area (Å²) in [5.74, 6) is 0. The van der Waals surface area contributed by atoms with Crippen LogP contribution in [-0.4, -0.2) is 60.5 Å². The molecule has 1 aliphatic carbocycles. The van der Waals surface area contributed by atoms with E-state index in [4.69, 9.17) is 10.2 Å². The van der Waals surface area contributed by atoms with E-state index in [2.05, 4.69) is 17.3 Å². The molecule has 0 unspecified atom stereocenters. The fourth-order valence-electron chi connectivity index (χ4n) is 2.49. The number of hydrogen-bond donors (Lipinski definition) is 3. The molecule has 3 N–H and O–H groups in total. The highest BCUT2D eigenvalue weighted by atomic mass is 16.3. The molecular weight excluding hydrogens is 216 g/mol. The van der Waals surface area contributed by atoms with E-state index >= 15 is 0 Å². The van der Waals surface area contributed by atoms with Gasteiger partial charge in [0.2, 0.25) is 0 Å². The molecule has 0 heterocycles. The number of hydrogen-bond acceptors (Lipinski definition) is 4. The molecule has 0 aromatic carbocycles. The number of nitrogens with one attached hydrogen (secondary N) is 1. The first-order valence-corrected chi connectivity index (χ1v) is 6.94. The average molecular weight is 244 g/mol. The molecular formula is C13H28N2O2. The largest absolute Gasteiger partial charge is 0.394 e. The Hall–Kier alpha value is -0.160. The third-order valence-electron chi connectivity index (χ3n) is 3.65. The summed E-state index contributed by atoms with van der Waals surface area (Å²) in [4.78, 5) is 2.48. The highest BCUT2D eigenvalue weighted by Crippen LogP contribution is 2.21. The van der Waals surface area contributed by atoms with Crippen LogP contribution in [0.4, 0.5) is 0 Å². The molecule has 0 saturated heterocycles. The summed E-state index contributed by atoms with van der Waals surface area (Å²) in [6.45, 7) is 2.36. The Labute approximate surface area is 105 Å². The molecule has 0 amide bonds. The quantitative estimate of drug-likeness (QED) is 0.547. The lowest BCUT2D eigenvalue weighted by Crippen LogP contribution is -2.36. The molecule has 17 heavy (non-hydrogen) atoms. The third kappa shape index (κ3) is 6.36. The van der Waals surface area contributed by atoms with Gasteiger partial charge in [0, 0.05) is 12.6 Å². The normalized spacial score (nSPS) is 19.8. The Balaban J connectivity index is 1.97. The van der Waals surface area contributed by atoms with Crippen molar-refractivity contribution in [1.82, 2.24) is 10.2 Å². The molecule has 1 fully saturated rings. The molecule has 1 rings (SSSR count). The predicted molar refractivity (Wildman–Crippen MR) is 70.1 cm³/mol. The van der Waals surface area contributed by atoms with Crippen molar-refractivity contribution in [2.24, 2.45) is 0 Å². The Kier molecular flexibility index (Phi) is 7.77. The molecule has 0 spiro atoms. The van der Waals surface area contributed by atoms with E-state index in [-0.39, 0.29) is 6.61 Å². The molecule has 0 aromatic rings. The van der Waals surface area contributed by atoms with E-state index in [9.17, 15) is 0 Å². The van der Waals surface area contributed by atoms with Crippen LogP contribution in [0, 0.1) is 0 Å². The van der Waals surface area contributed by atoms with E-state index in [0.717, 1.165) is 25.6 Å².